The first-order valence-corrected chi connectivity index (χ1v) is 6.42. The molecular weight excluding hydrogens is 278 g/mol. The first kappa shape index (κ1) is 12.8. The molecule has 0 saturated carbocycles. The number of aliphatic hydroxyl groups excluding tert-OH is 1. The molecule has 0 spiro atoms. The van der Waals surface area contributed by atoms with E-state index in [0.717, 1.165) is 11.4 Å². The van der Waals surface area contributed by atoms with Crippen LogP contribution in [0.15, 0.2) is 42.9 Å². The summed E-state index contributed by atoms with van der Waals surface area (Å²) in [7, 11) is 0. The first-order valence-electron chi connectivity index (χ1n) is 6.04. The lowest BCUT2D eigenvalue weighted by atomic mass is 10.3. The van der Waals surface area contributed by atoms with Crippen molar-refractivity contribution in [1.29, 1.82) is 0 Å². The summed E-state index contributed by atoms with van der Waals surface area (Å²) in [6.45, 7) is 0.418. The molecule has 1 N–H and O–H groups in total. The summed E-state index contributed by atoms with van der Waals surface area (Å²) in [5, 5.41) is 18.0. The standard InChI is InChI=1S/C13H12ClN5O/c14-10-1-3-12(4-2-10)19-8-11(16-17-19)7-18-6-5-15-13(18)9-20/h1-6,8,20H,7,9H2. The molecule has 6 nitrogen and oxygen atoms in total. The Bertz CT molecular complexity index is 704. The molecule has 2 aromatic heterocycles. The van der Waals surface area contributed by atoms with Gasteiger partial charge in [0.15, 0.2) is 0 Å². The van der Waals surface area contributed by atoms with Crippen LogP contribution in [-0.2, 0) is 13.2 Å². The number of nitrogens with zero attached hydrogens (tertiary/aromatic N) is 5. The van der Waals surface area contributed by atoms with Crippen molar-refractivity contribution in [3.05, 3.63) is 59.4 Å². The van der Waals surface area contributed by atoms with Crippen LogP contribution in [0.3, 0.4) is 0 Å². The van der Waals surface area contributed by atoms with E-state index in [9.17, 15) is 0 Å². The van der Waals surface area contributed by atoms with Gasteiger partial charge in [0.05, 0.1) is 18.4 Å². The Balaban J connectivity index is 1.82. The molecule has 0 aliphatic heterocycles. The summed E-state index contributed by atoms with van der Waals surface area (Å²) in [6.07, 6.45) is 5.28. The van der Waals surface area contributed by atoms with E-state index < -0.39 is 0 Å². The van der Waals surface area contributed by atoms with Gasteiger partial charge in [-0.15, -0.1) is 5.10 Å². The largest absolute Gasteiger partial charge is 0.388 e. The van der Waals surface area contributed by atoms with Gasteiger partial charge in [0, 0.05) is 17.4 Å². The number of aromatic nitrogens is 5. The van der Waals surface area contributed by atoms with Crippen LogP contribution in [0.25, 0.3) is 5.69 Å². The summed E-state index contributed by atoms with van der Waals surface area (Å²) >= 11 is 5.85. The highest BCUT2D eigenvalue weighted by Crippen LogP contribution is 2.13. The van der Waals surface area contributed by atoms with Crippen LogP contribution < -0.4 is 0 Å². The number of hydrogen-bond acceptors (Lipinski definition) is 4. The SMILES string of the molecule is OCc1nccn1Cc1cn(-c2ccc(Cl)cc2)nn1. The predicted octanol–water partition coefficient (Wildman–Crippen LogP) is 1.66. The minimum absolute atomic E-state index is 0.0989. The molecule has 1 aromatic carbocycles. The molecule has 0 unspecified atom stereocenters. The van der Waals surface area contributed by atoms with Crippen molar-refractivity contribution in [1.82, 2.24) is 24.5 Å². The van der Waals surface area contributed by atoms with Crippen LogP contribution in [-0.4, -0.2) is 29.7 Å². The number of hydrogen-bond donors (Lipinski definition) is 1. The van der Waals surface area contributed by atoms with Gasteiger partial charge < -0.3 is 9.67 Å². The molecule has 0 aliphatic rings. The number of imidazole rings is 1. The topological polar surface area (TPSA) is 68.8 Å². The fraction of sp³-hybridized carbons (Fsp3) is 0.154. The highest BCUT2D eigenvalue weighted by Gasteiger charge is 2.06. The van der Waals surface area contributed by atoms with Crippen LogP contribution in [0.4, 0.5) is 0 Å². The lowest BCUT2D eigenvalue weighted by molar-refractivity contribution is 0.266. The fourth-order valence-corrected chi connectivity index (χ4v) is 2.03. The number of benzene rings is 1. The van der Waals surface area contributed by atoms with Gasteiger partial charge in [-0.25, -0.2) is 9.67 Å². The maximum atomic E-state index is 9.16. The highest BCUT2D eigenvalue weighted by atomic mass is 35.5. The lowest BCUT2D eigenvalue weighted by Gasteiger charge is -2.02. The van der Waals surface area contributed by atoms with Crippen molar-refractivity contribution in [2.45, 2.75) is 13.2 Å². The average molecular weight is 290 g/mol. The van der Waals surface area contributed by atoms with Gasteiger partial charge in [-0.2, -0.15) is 0 Å². The zero-order valence-corrected chi connectivity index (χ0v) is 11.3. The molecule has 0 fully saturated rings. The summed E-state index contributed by atoms with van der Waals surface area (Å²) in [4.78, 5) is 4.05. The molecule has 20 heavy (non-hydrogen) atoms. The molecule has 3 aromatic rings. The third-order valence-electron chi connectivity index (χ3n) is 2.91. The minimum atomic E-state index is -0.0989. The number of rotatable bonds is 4. The normalized spacial score (nSPS) is 10.9. The Hall–Kier alpha value is -2.18. The Morgan fingerprint density at radius 3 is 2.75 bits per heavy atom. The monoisotopic (exact) mass is 289 g/mol. The lowest BCUT2D eigenvalue weighted by Crippen LogP contribution is -2.04. The highest BCUT2D eigenvalue weighted by molar-refractivity contribution is 6.30. The Morgan fingerprint density at radius 2 is 2.00 bits per heavy atom. The van der Waals surface area contributed by atoms with Crippen LogP contribution in [0.1, 0.15) is 11.5 Å². The summed E-state index contributed by atoms with van der Waals surface area (Å²) in [6, 6.07) is 7.35. The van der Waals surface area contributed by atoms with Gasteiger partial charge >= 0.3 is 0 Å². The van der Waals surface area contributed by atoms with Gasteiger partial charge in [0.1, 0.15) is 18.1 Å². The van der Waals surface area contributed by atoms with Crippen molar-refractivity contribution in [3.8, 4) is 5.69 Å². The summed E-state index contributed by atoms with van der Waals surface area (Å²) in [5.74, 6) is 0.603. The maximum absolute atomic E-state index is 9.16. The van der Waals surface area contributed by atoms with Crippen molar-refractivity contribution in [2.75, 3.05) is 0 Å². The number of aliphatic hydroxyl groups is 1. The molecule has 0 amide bonds. The zero-order valence-electron chi connectivity index (χ0n) is 10.5. The quantitative estimate of drug-likeness (QED) is 0.793. The second-order valence-electron chi connectivity index (χ2n) is 4.26. The van der Waals surface area contributed by atoms with Crippen molar-refractivity contribution in [2.24, 2.45) is 0 Å². The first-order chi connectivity index (χ1) is 9.76. The van der Waals surface area contributed by atoms with E-state index in [-0.39, 0.29) is 6.61 Å². The molecule has 0 atom stereocenters. The zero-order chi connectivity index (χ0) is 13.9. The molecule has 2 heterocycles. The molecule has 0 radical (unpaired) electrons. The van der Waals surface area contributed by atoms with Crippen LogP contribution >= 0.6 is 11.6 Å². The van der Waals surface area contributed by atoms with E-state index in [2.05, 4.69) is 15.3 Å². The molecule has 7 heteroatoms. The third kappa shape index (κ3) is 2.56. The van der Waals surface area contributed by atoms with E-state index in [1.165, 1.54) is 0 Å². The van der Waals surface area contributed by atoms with Gasteiger partial charge in [-0.05, 0) is 24.3 Å². The van der Waals surface area contributed by atoms with E-state index in [1.807, 2.05) is 22.9 Å². The fourth-order valence-electron chi connectivity index (χ4n) is 1.90. The molecule has 102 valence electrons. The Labute approximate surface area is 120 Å². The van der Waals surface area contributed by atoms with Gasteiger partial charge in [0.25, 0.3) is 0 Å². The van der Waals surface area contributed by atoms with E-state index in [4.69, 9.17) is 16.7 Å². The molecule has 0 bridgehead atoms. The molecule has 0 aliphatic carbocycles. The predicted molar refractivity (Wildman–Crippen MR) is 73.6 cm³/mol. The van der Waals surface area contributed by atoms with Crippen LogP contribution in [0.5, 0.6) is 0 Å². The van der Waals surface area contributed by atoms with Crippen molar-refractivity contribution in [3.63, 3.8) is 0 Å². The third-order valence-corrected chi connectivity index (χ3v) is 3.16. The van der Waals surface area contributed by atoms with Gasteiger partial charge in [-0.1, -0.05) is 16.8 Å². The van der Waals surface area contributed by atoms with Gasteiger partial charge in [-0.3, -0.25) is 0 Å². The number of halogens is 1. The second kappa shape index (κ2) is 5.44. The summed E-state index contributed by atoms with van der Waals surface area (Å²) in [5.41, 5.74) is 1.67. The molecule has 3 rings (SSSR count). The smallest absolute Gasteiger partial charge is 0.134 e. The molecule has 0 saturated heterocycles. The van der Waals surface area contributed by atoms with Crippen LogP contribution in [0, 0.1) is 0 Å². The van der Waals surface area contributed by atoms with Gasteiger partial charge in [0.2, 0.25) is 0 Å². The average Bonchev–Trinajstić information content (AvgIpc) is 3.09. The van der Waals surface area contributed by atoms with Crippen molar-refractivity contribution < 1.29 is 5.11 Å². The van der Waals surface area contributed by atoms with E-state index >= 15 is 0 Å². The van der Waals surface area contributed by atoms with E-state index in [0.29, 0.717) is 17.4 Å². The minimum Gasteiger partial charge on any atom is -0.388 e. The Morgan fingerprint density at radius 1 is 1.20 bits per heavy atom. The second-order valence-corrected chi connectivity index (χ2v) is 4.70. The summed E-state index contributed by atoms with van der Waals surface area (Å²) < 4.78 is 3.51. The van der Waals surface area contributed by atoms with E-state index in [1.54, 1.807) is 29.2 Å². The Kier molecular flexibility index (Phi) is 3.49. The van der Waals surface area contributed by atoms with Crippen LogP contribution in [0.2, 0.25) is 5.02 Å². The molecular formula is C13H12ClN5O. The van der Waals surface area contributed by atoms with Crippen molar-refractivity contribution >= 4 is 11.6 Å². The maximum Gasteiger partial charge on any atom is 0.134 e.